The lowest BCUT2D eigenvalue weighted by molar-refractivity contribution is -0.138. The van der Waals surface area contributed by atoms with Crippen LogP contribution in [0.3, 0.4) is 0 Å². The fraction of sp³-hybridized carbons (Fsp3) is 0.333. The average Bonchev–Trinajstić information content (AvgIpc) is 2.60. The normalized spacial score (nSPS) is 19.7. The van der Waals surface area contributed by atoms with Crippen LogP contribution >= 0.6 is 0 Å². The highest BCUT2D eigenvalue weighted by molar-refractivity contribution is 5.84. The number of carbonyl (C=O) groups excluding carboxylic acids is 1. The third kappa shape index (κ3) is 3.70. The van der Waals surface area contributed by atoms with Crippen LogP contribution in [0, 0.1) is 5.82 Å². The Morgan fingerprint density at radius 1 is 1.27 bits per heavy atom. The number of hydrogen-bond acceptors (Lipinski definition) is 3. The molecule has 4 nitrogen and oxygen atoms in total. The molecule has 0 saturated carbocycles. The Morgan fingerprint density at radius 3 is 2.77 bits per heavy atom. The molecule has 2 atom stereocenters. The number of carbonyl (C=O) groups is 1. The van der Waals surface area contributed by atoms with Gasteiger partial charge in [0.05, 0.1) is 23.3 Å². The molecular formula is C18H16F4N2O2. The Balaban J connectivity index is 1.78. The van der Waals surface area contributed by atoms with Gasteiger partial charge in [0, 0.05) is 12.7 Å². The molecule has 2 N–H and O–H groups in total. The third-order valence-corrected chi connectivity index (χ3v) is 4.44. The molecule has 1 aliphatic carbocycles. The number of alkyl halides is 3. The van der Waals surface area contributed by atoms with E-state index in [4.69, 9.17) is 0 Å². The van der Waals surface area contributed by atoms with E-state index in [1.54, 1.807) is 12.1 Å². The van der Waals surface area contributed by atoms with E-state index < -0.39 is 35.5 Å². The highest BCUT2D eigenvalue weighted by atomic mass is 19.4. The number of amides is 1. The number of hydrogen-bond donors (Lipinski definition) is 2. The van der Waals surface area contributed by atoms with Gasteiger partial charge in [0.15, 0.2) is 0 Å². The number of halogens is 4. The minimum Gasteiger partial charge on any atom is -0.387 e. The van der Waals surface area contributed by atoms with Crippen molar-refractivity contribution in [3.63, 3.8) is 0 Å². The van der Waals surface area contributed by atoms with Gasteiger partial charge < -0.3 is 10.4 Å². The summed E-state index contributed by atoms with van der Waals surface area (Å²) >= 11 is 0. The van der Waals surface area contributed by atoms with Crippen molar-refractivity contribution in [3.05, 3.63) is 64.7 Å². The van der Waals surface area contributed by atoms with Crippen LogP contribution < -0.4 is 5.32 Å². The summed E-state index contributed by atoms with van der Waals surface area (Å²) in [5, 5.41) is 12.5. The van der Waals surface area contributed by atoms with Gasteiger partial charge in [0.2, 0.25) is 5.91 Å². The van der Waals surface area contributed by atoms with E-state index in [0.29, 0.717) is 30.2 Å². The number of pyridine rings is 1. The number of nitrogens with one attached hydrogen (secondary N) is 1. The van der Waals surface area contributed by atoms with Crippen LogP contribution in [0.25, 0.3) is 0 Å². The summed E-state index contributed by atoms with van der Waals surface area (Å²) in [6, 6.07) is 5.66. The zero-order valence-electron chi connectivity index (χ0n) is 13.6. The summed E-state index contributed by atoms with van der Waals surface area (Å²) < 4.78 is 52.2. The molecule has 0 aliphatic heterocycles. The lowest BCUT2D eigenvalue weighted by atomic mass is 9.83. The van der Waals surface area contributed by atoms with Crippen molar-refractivity contribution in [1.82, 2.24) is 10.3 Å². The van der Waals surface area contributed by atoms with Gasteiger partial charge in [-0.25, -0.2) is 4.39 Å². The molecule has 1 heterocycles. The van der Waals surface area contributed by atoms with Crippen LogP contribution in [0.15, 0.2) is 36.5 Å². The number of benzene rings is 1. The van der Waals surface area contributed by atoms with Gasteiger partial charge in [-0.1, -0.05) is 12.1 Å². The first-order valence-corrected chi connectivity index (χ1v) is 8.03. The molecule has 0 fully saturated rings. The van der Waals surface area contributed by atoms with Gasteiger partial charge in [-0.3, -0.25) is 9.78 Å². The van der Waals surface area contributed by atoms with E-state index in [2.05, 4.69) is 10.3 Å². The zero-order chi connectivity index (χ0) is 18.9. The maximum atomic E-state index is 13.2. The minimum absolute atomic E-state index is 0.213. The van der Waals surface area contributed by atoms with Crippen molar-refractivity contribution in [2.24, 2.45) is 0 Å². The van der Waals surface area contributed by atoms with Gasteiger partial charge in [-0.2, -0.15) is 13.2 Å². The third-order valence-electron chi connectivity index (χ3n) is 4.44. The average molecular weight is 368 g/mol. The second-order valence-electron chi connectivity index (χ2n) is 6.14. The van der Waals surface area contributed by atoms with Crippen molar-refractivity contribution >= 4 is 5.91 Å². The second kappa shape index (κ2) is 7.03. The molecular weight excluding hydrogens is 352 g/mol. The molecule has 0 saturated heterocycles. The summed E-state index contributed by atoms with van der Waals surface area (Å²) in [7, 11) is 0. The smallest absolute Gasteiger partial charge is 0.387 e. The number of nitrogens with zero attached hydrogens (tertiary/aromatic N) is 1. The first-order valence-electron chi connectivity index (χ1n) is 8.03. The fourth-order valence-corrected chi connectivity index (χ4v) is 3.16. The predicted octanol–water partition coefficient (Wildman–Crippen LogP) is 3.47. The summed E-state index contributed by atoms with van der Waals surface area (Å²) in [5.41, 5.74) is -0.344. The van der Waals surface area contributed by atoms with E-state index in [0.717, 1.165) is 12.1 Å². The van der Waals surface area contributed by atoms with Crippen molar-refractivity contribution in [2.45, 2.75) is 37.6 Å². The Hall–Kier alpha value is -2.48. The van der Waals surface area contributed by atoms with Crippen LogP contribution in [-0.4, -0.2) is 16.0 Å². The Bertz CT molecular complexity index is 823. The van der Waals surface area contributed by atoms with Crippen LogP contribution in [0.2, 0.25) is 0 Å². The standard InChI is InChI=1S/C18H16F4N2O2/c19-11-4-3-10(14(8-11)18(20,21)22)9-24-17(26)13-5-6-15(25)16-12(13)2-1-7-23-16/h1-4,7-8,13,15,25H,5-6,9H2,(H,24,26)/t13-,15-/m0/s1. The maximum absolute atomic E-state index is 13.2. The molecule has 0 spiro atoms. The van der Waals surface area contributed by atoms with E-state index in [1.807, 2.05) is 0 Å². The number of rotatable bonds is 3. The number of fused-ring (bicyclic) bond motifs is 1. The number of aliphatic hydroxyl groups excluding tert-OH is 1. The van der Waals surface area contributed by atoms with Gasteiger partial charge in [0.1, 0.15) is 5.82 Å². The molecule has 26 heavy (non-hydrogen) atoms. The summed E-state index contributed by atoms with van der Waals surface area (Å²) in [5.74, 6) is -2.05. The molecule has 2 aromatic rings. The number of aliphatic hydroxyl groups is 1. The lowest BCUT2D eigenvalue weighted by Gasteiger charge is -2.27. The quantitative estimate of drug-likeness (QED) is 0.816. The molecule has 0 unspecified atom stereocenters. The summed E-state index contributed by atoms with van der Waals surface area (Å²) in [6.07, 6.45) is -3.26. The summed E-state index contributed by atoms with van der Waals surface area (Å²) in [6.45, 7) is -0.372. The van der Waals surface area contributed by atoms with Gasteiger partial charge in [-0.05, 0) is 42.2 Å². The highest BCUT2D eigenvalue weighted by Crippen LogP contribution is 2.36. The summed E-state index contributed by atoms with van der Waals surface area (Å²) in [4.78, 5) is 16.6. The maximum Gasteiger partial charge on any atom is 0.416 e. The largest absolute Gasteiger partial charge is 0.416 e. The Morgan fingerprint density at radius 2 is 2.04 bits per heavy atom. The molecule has 0 bridgehead atoms. The fourth-order valence-electron chi connectivity index (χ4n) is 3.16. The van der Waals surface area contributed by atoms with E-state index in [9.17, 15) is 27.5 Å². The Kier molecular flexibility index (Phi) is 4.95. The molecule has 1 amide bonds. The monoisotopic (exact) mass is 368 g/mol. The first-order chi connectivity index (χ1) is 12.3. The van der Waals surface area contributed by atoms with Gasteiger partial charge >= 0.3 is 6.18 Å². The van der Waals surface area contributed by atoms with Crippen LogP contribution in [0.4, 0.5) is 17.6 Å². The Labute approximate surface area is 146 Å². The molecule has 1 aromatic heterocycles. The molecule has 1 aromatic carbocycles. The number of aromatic nitrogens is 1. The highest BCUT2D eigenvalue weighted by Gasteiger charge is 2.35. The molecule has 1 aliphatic rings. The topological polar surface area (TPSA) is 62.2 Å². The van der Waals surface area contributed by atoms with Gasteiger partial charge in [-0.15, -0.1) is 0 Å². The minimum atomic E-state index is -4.71. The zero-order valence-corrected chi connectivity index (χ0v) is 13.6. The lowest BCUT2D eigenvalue weighted by Crippen LogP contribution is -2.32. The van der Waals surface area contributed by atoms with Gasteiger partial charge in [0.25, 0.3) is 0 Å². The van der Waals surface area contributed by atoms with Crippen molar-refractivity contribution in [1.29, 1.82) is 0 Å². The molecule has 0 radical (unpaired) electrons. The van der Waals surface area contributed by atoms with Crippen LogP contribution in [0.1, 0.15) is 47.2 Å². The predicted molar refractivity (Wildman–Crippen MR) is 84.4 cm³/mol. The van der Waals surface area contributed by atoms with Crippen molar-refractivity contribution in [2.75, 3.05) is 0 Å². The van der Waals surface area contributed by atoms with Crippen molar-refractivity contribution in [3.8, 4) is 0 Å². The van der Waals surface area contributed by atoms with E-state index >= 15 is 0 Å². The van der Waals surface area contributed by atoms with E-state index in [-0.39, 0.29) is 12.1 Å². The van der Waals surface area contributed by atoms with E-state index in [1.165, 1.54) is 6.20 Å². The van der Waals surface area contributed by atoms with Crippen LogP contribution in [-0.2, 0) is 17.5 Å². The first kappa shape index (κ1) is 18.3. The molecule has 3 rings (SSSR count). The van der Waals surface area contributed by atoms with Crippen LogP contribution in [0.5, 0.6) is 0 Å². The molecule has 138 valence electrons. The second-order valence-corrected chi connectivity index (χ2v) is 6.14. The van der Waals surface area contributed by atoms with Crippen molar-refractivity contribution < 1.29 is 27.5 Å². The molecule has 8 heteroatoms. The SMILES string of the molecule is O=C(NCc1ccc(F)cc1C(F)(F)F)[C@H]1CC[C@H](O)c2ncccc21.